The Balaban J connectivity index is 0.00000211. The van der Waals surface area contributed by atoms with E-state index in [1.54, 1.807) is 4.90 Å². The fourth-order valence-electron chi connectivity index (χ4n) is 1.70. The molecule has 0 N–H and O–H groups in total. The van der Waals surface area contributed by atoms with Gasteiger partial charge in [0, 0.05) is 5.88 Å². The van der Waals surface area contributed by atoms with E-state index >= 15 is 0 Å². The molecule has 1 aromatic rings. The van der Waals surface area contributed by atoms with E-state index in [-0.39, 0.29) is 0 Å². The third kappa shape index (κ3) is 6.99. The van der Waals surface area contributed by atoms with Crippen molar-refractivity contribution in [2.24, 2.45) is 0 Å². The van der Waals surface area contributed by atoms with Crippen LogP contribution in [0.25, 0.3) is 0 Å². The molecule has 0 saturated carbocycles. The molecule has 0 unspecified atom stereocenters. The number of benzene rings is 1. The molecule has 0 aromatic heterocycles. The molecule has 4 heteroatoms. The molecule has 0 saturated heterocycles. The Morgan fingerprint density at radius 3 is 2.27 bits per heavy atom. The first-order valence-corrected chi connectivity index (χ1v) is 8.07. The van der Waals surface area contributed by atoms with Crippen LogP contribution in [0, 0.1) is 6.92 Å². The van der Waals surface area contributed by atoms with Crippen LogP contribution in [-0.4, -0.2) is 24.1 Å². The predicted molar refractivity (Wildman–Crippen MR) is 96.0 cm³/mol. The lowest BCUT2D eigenvalue weighted by Gasteiger charge is -2.28. The molecule has 0 heterocycles. The second kappa shape index (κ2) is 9.52. The van der Waals surface area contributed by atoms with E-state index in [1.165, 1.54) is 0 Å². The van der Waals surface area contributed by atoms with E-state index in [0.29, 0.717) is 12.4 Å². The standard InChI is InChI=1S/C16H22ClNO2.C2H6/c1-12(10-17)11-18(15(19)20-16(3,4)5)14-9-7-6-8-13(14)2;1-2/h6-9H,1,10-11H2,2-5H3;1-2H3. The van der Waals surface area contributed by atoms with Crippen LogP contribution in [-0.2, 0) is 4.74 Å². The van der Waals surface area contributed by atoms with Crippen LogP contribution in [0.2, 0.25) is 0 Å². The molecule has 1 rings (SSSR count). The maximum atomic E-state index is 12.4. The van der Waals surface area contributed by atoms with Crippen molar-refractivity contribution < 1.29 is 9.53 Å². The predicted octanol–water partition coefficient (Wildman–Crippen LogP) is 5.56. The number of hydrogen-bond acceptors (Lipinski definition) is 2. The topological polar surface area (TPSA) is 29.5 Å². The normalized spacial score (nSPS) is 10.3. The first-order chi connectivity index (χ1) is 10.2. The second-order valence-corrected chi connectivity index (χ2v) is 6.00. The Morgan fingerprint density at radius 2 is 1.82 bits per heavy atom. The van der Waals surface area contributed by atoms with E-state index in [4.69, 9.17) is 16.3 Å². The molecule has 0 aliphatic heterocycles. The minimum Gasteiger partial charge on any atom is -0.443 e. The zero-order valence-electron chi connectivity index (χ0n) is 14.6. The second-order valence-electron chi connectivity index (χ2n) is 5.74. The molecule has 0 bridgehead atoms. The number of halogens is 1. The molecule has 0 aliphatic carbocycles. The van der Waals surface area contributed by atoms with E-state index in [2.05, 4.69) is 6.58 Å². The highest BCUT2D eigenvalue weighted by atomic mass is 35.5. The third-order valence-electron chi connectivity index (χ3n) is 2.59. The molecule has 124 valence electrons. The van der Waals surface area contributed by atoms with Crippen LogP contribution in [0.3, 0.4) is 0 Å². The summed E-state index contributed by atoms with van der Waals surface area (Å²) >= 11 is 5.78. The van der Waals surface area contributed by atoms with E-state index in [9.17, 15) is 4.79 Å². The summed E-state index contributed by atoms with van der Waals surface area (Å²) in [6.45, 7) is 15.7. The highest BCUT2D eigenvalue weighted by molar-refractivity contribution is 6.19. The van der Waals surface area contributed by atoms with Crippen LogP contribution in [0.1, 0.15) is 40.2 Å². The maximum absolute atomic E-state index is 12.4. The number of hydrogen-bond donors (Lipinski definition) is 0. The number of para-hydroxylation sites is 1. The molecular formula is C18H28ClNO2. The number of carbonyl (C=O) groups is 1. The Labute approximate surface area is 139 Å². The van der Waals surface area contributed by atoms with Gasteiger partial charge in [0.1, 0.15) is 5.60 Å². The smallest absolute Gasteiger partial charge is 0.415 e. The summed E-state index contributed by atoms with van der Waals surface area (Å²) in [4.78, 5) is 14.0. The van der Waals surface area contributed by atoms with Gasteiger partial charge < -0.3 is 4.74 Å². The van der Waals surface area contributed by atoms with Crippen LogP contribution >= 0.6 is 11.6 Å². The van der Waals surface area contributed by atoms with Crippen molar-refractivity contribution in [3.05, 3.63) is 42.0 Å². The van der Waals surface area contributed by atoms with Gasteiger partial charge in [0.25, 0.3) is 0 Å². The van der Waals surface area contributed by atoms with E-state index in [0.717, 1.165) is 16.8 Å². The first kappa shape index (κ1) is 20.5. The van der Waals surface area contributed by atoms with Gasteiger partial charge in [-0.3, -0.25) is 4.90 Å². The van der Waals surface area contributed by atoms with Crippen molar-refractivity contribution in [1.29, 1.82) is 0 Å². The van der Waals surface area contributed by atoms with Crippen LogP contribution < -0.4 is 4.90 Å². The maximum Gasteiger partial charge on any atom is 0.415 e. The first-order valence-electron chi connectivity index (χ1n) is 7.53. The molecule has 22 heavy (non-hydrogen) atoms. The third-order valence-corrected chi connectivity index (χ3v) is 2.97. The van der Waals surface area contributed by atoms with Gasteiger partial charge in [0.05, 0.1) is 12.2 Å². The van der Waals surface area contributed by atoms with Gasteiger partial charge in [0.2, 0.25) is 0 Å². The van der Waals surface area contributed by atoms with Gasteiger partial charge in [-0.2, -0.15) is 0 Å². The van der Waals surface area contributed by atoms with Crippen molar-refractivity contribution >= 4 is 23.4 Å². The lowest BCUT2D eigenvalue weighted by molar-refractivity contribution is 0.0583. The molecule has 0 radical (unpaired) electrons. The van der Waals surface area contributed by atoms with Crippen LogP contribution in [0.5, 0.6) is 0 Å². The molecule has 0 atom stereocenters. The van der Waals surface area contributed by atoms with Crippen molar-refractivity contribution in [1.82, 2.24) is 0 Å². The summed E-state index contributed by atoms with van der Waals surface area (Å²) in [6.07, 6.45) is -0.391. The number of alkyl halides is 1. The van der Waals surface area contributed by atoms with E-state index < -0.39 is 11.7 Å². The number of ether oxygens (including phenoxy) is 1. The fourth-order valence-corrected chi connectivity index (χ4v) is 1.78. The molecule has 1 amide bonds. The monoisotopic (exact) mass is 325 g/mol. The lowest BCUT2D eigenvalue weighted by Crippen LogP contribution is -2.38. The lowest BCUT2D eigenvalue weighted by atomic mass is 10.1. The molecule has 0 aliphatic rings. The molecular weight excluding hydrogens is 298 g/mol. The number of aryl methyl sites for hydroxylation is 1. The Hall–Kier alpha value is -1.48. The highest BCUT2D eigenvalue weighted by Crippen LogP contribution is 2.23. The summed E-state index contributed by atoms with van der Waals surface area (Å²) in [5, 5.41) is 0. The molecule has 1 aromatic carbocycles. The summed E-state index contributed by atoms with van der Waals surface area (Å²) < 4.78 is 5.46. The number of rotatable bonds is 4. The van der Waals surface area contributed by atoms with Gasteiger partial charge in [0.15, 0.2) is 0 Å². The zero-order chi connectivity index (χ0) is 17.3. The number of anilines is 1. The summed E-state index contributed by atoms with van der Waals surface area (Å²) in [6, 6.07) is 7.67. The van der Waals surface area contributed by atoms with Crippen molar-refractivity contribution in [2.75, 3.05) is 17.3 Å². The van der Waals surface area contributed by atoms with Gasteiger partial charge >= 0.3 is 6.09 Å². The minimum atomic E-state index is -0.541. The minimum absolute atomic E-state index is 0.311. The van der Waals surface area contributed by atoms with Crippen molar-refractivity contribution in [3.63, 3.8) is 0 Å². The van der Waals surface area contributed by atoms with Crippen LogP contribution in [0.4, 0.5) is 10.5 Å². The SMILES string of the molecule is C=C(CCl)CN(C(=O)OC(C)(C)C)c1ccccc1C.CC. The van der Waals surface area contributed by atoms with Gasteiger partial charge in [-0.25, -0.2) is 4.79 Å². The molecule has 3 nitrogen and oxygen atoms in total. The molecule has 0 spiro atoms. The number of carbonyl (C=O) groups excluding carboxylic acids is 1. The number of amides is 1. The Bertz CT molecular complexity index is 492. The Morgan fingerprint density at radius 1 is 1.27 bits per heavy atom. The summed E-state index contributed by atoms with van der Waals surface area (Å²) in [7, 11) is 0. The molecule has 0 fully saturated rings. The van der Waals surface area contributed by atoms with Gasteiger partial charge in [-0.15, -0.1) is 11.6 Å². The Kier molecular flexibility index (Phi) is 8.88. The van der Waals surface area contributed by atoms with Gasteiger partial charge in [-0.05, 0) is 44.9 Å². The van der Waals surface area contributed by atoms with Crippen LogP contribution in [0.15, 0.2) is 36.4 Å². The van der Waals surface area contributed by atoms with Gasteiger partial charge in [-0.1, -0.05) is 38.6 Å². The fraction of sp³-hybridized carbons (Fsp3) is 0.500. The summed E-state index contributed by atoms with van der Waals surface area (Å²) in [5.41, 5.74) is 2.04. The highest BCUT2D eigenvalue weighted by Gasteiger charge is 2.24. The van der Waals surface area contributed by atoms with Crippen molar-refractivity contribution in [2.45, 2.75) is 47.1 Å². The quantitative estimate of drug-likeness (QED) is 0.536. The summed E-state index contributed by atoms with van der Waals surface area (Å²) in [5.74, 6) is 0.311. The zero-order valence-corrected chi connectivity index (χ0v) is 15.3. The average Bonchev–Trinajstić information content (AvgIpc) is 2.45. The van der Waals surface area contributed by atoms with Crippen molar-refractivity contribution in [3.8, 4) is 0 Å². The average molecular weight is 326 g/mol. The van der Waals surface area contributed by atoms with E-state index in [1.807, 2.05) is 65.8 Å². The largest absolute Gasteiger partial charge is 0.443 e. The number of nitrogens with zero attached hydrogens (tertiary/aromatic N) is 1.